The Hall–Kier alpha value is -0.760. The Kier molecular flexibility index (Phi) is 2.93. The van der Waals surface area contributed by atoms with Crippen LogP contribution in [-0.2, 0) is 13.5 Å². The van der Waals surface area contributed by atoms with Gasteiger partial charge in [0.25, 0.3) is 0 Å². The largest absolute Gasteiger partial charge is 0.352 e. The molecule has 2 nitrogen and oxygen atoms in total. The molecule has 0 saturated heterocycles. The van der Waals surface area contributed by atoms with Gasteiger partial charge in [0.1, 0.15) is 0 Å². The van der Waals surface area contributed by atoms with Gasteiger partial charge in [0.2, 0.25) is 0 Å². The van der Waals surface area contributed by atoms with Crippen molar-refractivity contribution in [3.05, 3.63) is 23.0 Å². The van der Waals surface area contributed by atoms with Crippen LogP contribution in [0.3, 0.4) is 0 Å². The van der Waals surface area contributed by atoms with Gasteiger partial charge in [-0.25, -0.2) is 0 Å². The van der Waals surface area contributed by atoms with Crippen molar-refractivity contribution in [2.45, 2.75) is 26.7 Å². The molecule has 68 valence electrons. The van der Waals surface area contributed by atoms with E-state index in [0.717, 1.165) is 19.4 Å². The molecule has 0 spiro atoms. The van der Waals surface area contributed by atoms with Crippen molar-refractivity contribution in [1.82, 2.24) is 4.57 Å². The number of nitrogens with two attached hydrogens (primary N) is 1. The maximum absolute atomic E-state index is 5.47. The van der Waals surface area contributed by atoms with Crippen molar-refractivity contribution >= 4 is 0 Å². The van der Waals surface area contributed by atoms with Crippen LogP contribution in [0.4, 0.5) is 0 Å². The Balaban J connectivity index is 2.82. The highest BCUT2D eigenvalue weighted by atomic mass is 14.9. The maximum Gasteiger partial charge on any atom is 0.0204 e. The lowest BCUT2D eigenvalue weighted by molar-refractivity contribution is 0.737. The SMILES string of the molecule is Cc1cc(C)n(C)c1CCCN. The highest BCUT2D eigenvalue weighted by Crippen LogP contribution is 2.14. The summed E-state index contributed by atoms with van der Waals surface area (Å²) in [5, 5.41) is 0. The van der Waals surface area contributed by atoms with E-state index in [2.05, 4.69) is 31.5 Å². The second-order valence-corrected chi connectivity index (χ2v) is 3.37. The zero-order chi connectivity index (χ0) is 9.14. The minimum atomic E-state index is 0.781. The number of aromatic nitrogens is 1. The smallest absolute Gasteiger partial charge is 0.0204 e. The summed E-state index contributed by atoms with van der Waals surface area (Å²) in [6.45, 7) is 5.08. The van der Waals surface area contributed by atoms with Gasteiger partial charge in [0, 0.05) is 18.4 Å². The number of aryl methyl sites for hydroxylation is 2. The number of rotatable bonds is 3. The first-order valence-corrected chi connectivity index (χ1v) is 4.48. The zero-order valence-electron chi connectivity index (χ0n) is 8.22. The number of hydrogen-bond acceptors (Lipinski definition) is 1. The predicted molar refractivity (Wildman–Crippen MR) is 52.3 cm³/mol. The fourth-order valence-corrected chi connectivity index (χ4v) is 1.61. The fourth-order valence-electron chi connectivity index (χ4n) is 1.61. The first-order valence-electron chi connectivity index (χ1n) is 4.48. The third kappa shape index (κ3) is 1.69. The molecule has 0 unspecified atom stereocenters. The number of nitrogens with zero attached hydrogens (tertiary/aromatic N) is 1. The van der Waals surface area contributed by atoms with E-state index in [4.69, 9.17) is 5.73 Å². The summed E-state index contributed by atoms with van der Waals surface area (Å²) in [5.41, 5.74) is 9.63. The molecule has 0 saturated carbocycles. The summed E-state index contributed by atoms with van der Waals surface area (Å²) in [4.78, 5) is 0. The highest BCUT2D eigenvalue weighted by Gasteiger charge is 2.04. The lowest BCUT2D eigenvalue weighted by Crippen LogP contribution is -2.05. The van der Waals surface area contributed by atoms with Gasteiger partial charge >= 0.3 is 0 Å². The molecule has 0 radical (unpaired) electrons. The van der Waals surface area contributed by atoms with E-state index >= 15 is 0 Å². The molecule has 1 heterocycles. The van der Waals surface area contributed by atoms with Crippen LogP contribution >= 0.6 is 0 Å². The van der Waals surface area contributed by atoms with E-state index in [1.807, 2.05) is 0 Å². The van der Waals surface area contributed by atoms with Crippen molar-refractivity contribution < 1.29 is 0 Å². The fraction of sp³-hybridized carbons (Fsp3) is 0.600. The molecule has 0 amide bonds. The van der Waals surface area contributed by atoms with Gasteiger partial charge in [-0.2, -0.15) is 0 Å². The van der Waals surface area contributed by atoms with Gasteiger partial charge in [-0.1, -0.05) is 0 Å². The molecule has 2 heteroatoms. The average Bonchev–Trinajstić information content (AvgIpc) is 2.25. The third-order valence-electron chi connectivity index (χ3n) is 2.43. The van der Waals surface area contributed by atoms with Gasteiger partial charge in [0.05, 0.1) is 0 Å². The molecule has 0 aliphatic rings. The van der Waals surface area contributed by atoms with E-state index in [0.29, 0.717) is 0 Å². The van der Waals surface area contributed by atoms with Crippen molar-refractivity contribution in [3.8, 4) is 0 Å². The van der Waals surface area contributed by atoms with Crippen LogP contribution < -0.4 is 5.73 Å². The Morgan fingerprint density at radius 1 is 1.42 bits per heavy atom. The van der Waals surface area contributed by atoms with Crippen LogP contribution in [0.2, 0.25) is 0 Å². The van der Waals surface area contributed by atoms with Gasteiger partial charge in [-0.15, -0.1) is 0 Å². The minimum absolute atomic E-state index is 0.781. The summed E-state index contributed by atoms with van der Waals surface area (Å²) < 4.78 is 2.25. The lowest BCUT2D eigenvalue weighted by atomic mass is 10.2. The van der Waals surface area contributed by atoms with Crippen LogP contribution in [-0.4, -0.2) is 11.1 Å². The molecule has 0 bridgehead atoms. The standard InChI is InChI=1S/C10H18N2/c1-8-7-9(2)12(3)10(8)5-4-6-11/h7H,4-6,11H2,1-3H3. The summed E-state index contributed by atoms with van der Waals surface area (Å²) in [5.74, 6) is 0. The lowest BCUT2D eigenvalue weighted by Gasteiger charge is -2.05. The van der Waals surface area contributed by atoms with E-state index in [1.165, 1.54) is 17.0 Å². The highest BCUT2D eigenvalue weighted by molar-refractivity contribution is 5.25. The first-order chi connectivity index (χ1) is 5.66. The van der Waals surface area contributed by atoms with Crippen molar-refractivity contribution in [3.63, 3.8) is 0 Å². The first kappa shape index (κ1) is 9.33. The van der Waals surface area contributed by atoms with Crippen LogP contribution in [0.25, 0.3) is 0 Å². The van der Waals surface area contributed by atoms with Crippen LogP contribution in [0.5, 0.6) is 0 Å². The van der Waals surface area contributed by atoms with E-state index in [-0.39, 0.29) is 0 Å². The Bertz CT molecular complexity index is 261. The molecule has 0 fully saturated rings. The van der Waals surface area contributed by atoms with Gasteiger partial charge in [0.15, 0.2) is 0 Å². The molecule has 1 rings (SSSR count). The molecule has 0 aromatic carbocycles. The topological polar surface area (TPSA) is 30.9 Å². The zero-order valence-corrected chi connectivity index (χ0v) is 8.22. The van der Waals surface area contributed by atoms with Gasteiger partial charge in [-0.3, -0.25) is 0 Å². The van der Waals surface area contributed by atoms with Crippen LogP contribution in [0.15, 0.2) is 6.07 Å². The molecule has 1 aromatic rings. The summed E-state index contributed by atoms with van der Waals surface area (Å²) >= 11 is 0. The number of hydrogen-bond donors (Lipinski definition) is 1. The van der Waals surface area contributed by atoms with Gasteiger partial charge in [-0.05, 0) is 44.9 Å². The third-order valence-corrected chi connectivity index (χ3v) is 2.43. The molecule has 1 aromatic heterocycles. The minimum Gasteiger partial charge on any atom is -0.352 e. The van der Waals surface area contributed by atoms with Crippen molar-refractivity contribution in [2.75, 3.05) is 6.54 Å². The van der Waals surface area contributed by atoms with Crippen LogP contribution in [0.1, 0.15) is 23.4 Å². The molecular weight excluding hydrogens is 148 g/mol. The summed E-state index contributed by atoms with van der Waals surface area (Å²) in [6.07, 6.45) is 2.19. The molecular formula is C10H18N2. The second kappa shape index (κ2) is 3.76. The van der Waals surface area contributed by atoms with E-state index in [1.54, 1.807) is 0 Å². The maximum atomic E-state index is 5.47. The summed E-state index contributed by atoms with van der Waals surface area (Å²) in [6, 6.07) is 2.23. The Labute approximate surface area is 74.4 Å². The van der Waals surface area contributed by atoms with Crippen molar-refractivity contribution in [2.24, 2.45) is 12.8 Å². The molecule has 0 aliphatic heterocycles. The second-order valence-electron chi connectivity index (χ2n) is 3.37. The molecule has 0 atom stereocenters. The molecule has 0 aliphatic carbocycles. The molecule has 12 heavy (non-hydrogen) atoms. The predicted octanol–water partition coefficient (Wildman–Crippen LogP) is 1.53. The van der Waals surface area contributed by atoms with Crippen molar-refractivity contribution in [1.29, 1.82) is 0 Å². The van der Waals surface area contributed by atoms with Gasteiger partial charge < -0.3 is 10.3 Å². The quantitative estimate of drug-likeness (QED) is 0.725. The van der Waals surface area contributed by atoms with E-state index in [9.17, 15) is 0 Å². The monoisotopic (exact) mass is 166 g/mol. The Morgan fingerprint density at radius 3 is 2.50 bits per heavy atom. The van der Waals surface area contributed by atoms with Crippen LogP contribution in [0, 0.1) is 13.8 Å². The normalized spacial score (nSPS) is 10.7. The van der Waals surface area contributed by atoms with E-state index < -0.39 is 0 Å². The Morgan fingerprint density at radius 2 is 2.08 bits per heavy atom. The summed E-state index contributed by atoms with van der Waals surface area (Å²) in [7, 11) is 2.12. The average molecular weight is 166 g/mol. The molecule has 2 N–H and O–H groups in total.